The van der Waals surface area contributed by atoms with Crippen molar-refractivity contribution in [3.05, 3.63) is 59.7 Å². The molecule has 0 N–H and O–H groups in total. The van der Waals surface area contributed by atoms with Crippen molar-refractivity contribution in [2.45, 2.75) is 80.6 Å². The van der Waals surface area contributed by atoms with Crippen molar-refractivity contribution in [1.29, 1.82) is 0 Å². The van der Waals surface area contributed by atoms with E-state index in [4.69, 9.17) is 0 Å². The van der Waals surface area contributed by atoms with Gasteiger partial charge in [0.25, 0.3) is 0 Å². The maximum Gasteiger partial charge on any atom is 0.0994 e. The van der Waals surface area contributed by atoms with Gasteiger partial charge in [0.2, 0.25) is 0 Å². The van der Waals surface area contributed by atoms with Gasteiger partial charge in [-0.2, -0.15) is 0 Å². The van der Waals surface area contributed by atoms with Crippen LogP contribution < -0.4 is 9.80 Å². The number of hydrogen-bond donors (Lipinski definition) is 0. The van der Waals surface area contributed by atoms with Gasteiger partial charge in [-0.05, 0) is 58.9 Å². The quantitative estimate of drug-likeness (QED) is 0.585. The van der Waals surface area contributed by atoms with Crippen molar-refractivity contribution < 1.29 is 0 Å². The molecule has 1 aliphatic heterocycles. The Morgan fingerprint density at radius 1 is 0.538 bits per heavy atom. The van der Waals surface area contributed by atoms with Gasteiger partial charge in [-0.25, -0.2) is 0 Å². The lowest BCUT2D eigenvalue weighted by molar-refractivity contribution is 0.646. The zero-order valence-corrected chi connectivity index (χ0v) is 18.2. The number of anilines is 2. The second-order valence-electron chi connectivity index (χ2n) is 6.60. The Bertz CT molecular complexity index is 573. The SMILES string of the molecule is CC.CC.Cc1ccc(N2C(C)C(C)N(c3ccc(C)cc3)C2C)cc1. The molecule has 3 rings (SSSR count). The van der Waals surface area contributed by atoms with Crippen LogP contribution >= 0.6 is 0 Å². The van der Waals surface area contributed by atoms with E-state index in [9.17, 15) is 0 Å². The molecular weight excluding hydrogens is 316 g/mol. The Kier molecular flexibility index (Phi) is 8.71. The van der Waals surface area contributed by atoms with Crippen LogP contribution in [0, 0.1) is 13.8 Å². The van der Waals surface area contributed by atoms with Gasteiger partial charge < -0.3 is 9.80 Å². The van der Waals surface area contributed by atoms with Gasteiger partial charge in [-0.3, -0.25) is 0 Å². The van der Waals surface area contributed by atoms with Crippen LogP contribution in [0.2, 0.25) is 0 Å². The van der Waals surface area contributed by atoms with E-state index in [-0.39, 0.29) is 0 Å². The molecule has 2 unspecified atom stereocenters. The Balaban J connectivity index is 0.000000791. The van der Waals surface area contributed by atoms with Crippen molar-refractivity contribution in [3.63, 3.8) is 0 Å². The molecule has 0 radical (unpaired) electrons. The van der Waals surface area contributed by atoms with Gasteiger partial charge in [-0.15, -0.1) is 0 Å². The highest BCUT2D eigenvalue weighted by atomic mass is 15.4. The molecule has 1 fully saturated rings. The standard InChI is InChI=1S/C20H26N2.2C2H6/c1-14-6-10-19(11-7-14)21-16(3)17(4)22(18(21)5)20-12-8-15(2)9-13-20;2*1-2/h6-13,16-18H,1-5H3;2*1-2H3. The van der Waals surface area contributed by atoms with E-state index in [0.717, 1.165) is 0 Å². The monoisotopic (exact) mass is 354 g/mol. The fourth-order valence-electron chi connectivity index (χ4n) is 3.62. The summed E-state index contributed by atoms with van der Waals surface area (Å²) in [6.07, 6.45) is 0.357. The van der Waals surface area contributed by atoms with Gasteiger partial charge in [0.1, 0.15) is 0 Å². The van der Waals surface area contributed by atoms with E-state index in [2.05, 4.69) is 92.9 Å². The third-order valence-electron chi connectivity index (χ3n) is 5.05. The lowest BCUT2D eigenvalue weighted by Gasteiger charge is -2.31. The fraction of sp³-hybridized carbons (Fsp3) is 0.500. The predicted molar refractivity (Wildman–Crippen MR) is 118 cm³/mol. The first-order valence-corrected chi connectivity index (χ1v) is 10.2. The van der Waals surface area contributed by atoms with Crippen molar-refractivity contribution in [1.82, 2.24) is 0 Å². The summed E-state index contributed by atoms with van der Waals surface area (Å²) in [5, 5.41) is 0. The van der Waals surface area contributed by atoms with E-state index in [1.807, 2.05) is 27.7 Å². The Hall–Kier alpha value is -1.96. The highest BCUT2D eigenvalue weighted by molar-refractivity contribution is 5.59. The van der Waals surface area contributed by atoms with Crippen LogP contribution in [0.4, 0.5) is 11.4 Å². The summed E-state index contributed by atoms with van der Waals surface area (Å²) in [6.45, 7) is 19.2. The smallest absolute Gasteiger partial charge is 0.0994 e. The predicted octanol–water partition coefficient (Wildman–Crippen LogP) is 6.81. The highest BCUT2D eigenvalue weighted by Crippen LogP contribution is 2.35. The molecule has 2 aromatic rings. The van der Waals surface area contributed by atoms with Crippen molar-refractivity contribution >= 4 is 11.4 Å². The lowest BCUT2D eigenvalue weighted by Crippen LogP contribution is -2.38. The molecule has 144 valence electrons. The average Bonchev–Trinajstić information content (AvgIpc) is 2.89. The fourth-order valence-corrected chi connectivity index (χ4v) is 3.62. The number of hydrogen-bond acceptors (Lipinski definition) is 2. The number of nitrogens with zero attached hydrogens (tertiary/aromatic N) is 2. The van der Waals surface area contributed by atoms with E-state index in [0.29, 0.717) is 18.2 Å². The van der Waals surface area contributed by atoms with Crippen LogP contribution in [0.1, 0.15) is 59.6 Å². The average molecular weight is 355 g/mol. The van der Waals surface area contributed by atoms with Gasteiger partial charge >= 0.3 is 0 Å². The molecule has 26 heavy (non-hydrogen) atoms. The molecule has 0 spiro atoms. The van der Waals surface area contributed by atoms with Gasteiger partial charge in [0, 0.05) is 23.5 Å². The highest BCUT2D eigenvalue weighted by Gasteiger charge is 2.40. The van der Waals surface area contributed by atoms with E-state index in [1.54, 1.807) is 0 Å². The molecule has 2 heteroatoms. The summed E-state index contributed by atoms with van der Waals surface area (Å²) < 4.78 is 0. The van der Waals surface area contributed by atoms with Crippen molar-refractivity contribution in [2.75, 3.05) is 9.80 Å². The van der Waals surface area contributed by atoms with Gasteiger partial charge in [0.05, 0.1) is 6.17 Å². The maximum absolute atomic E-state index is 2.53. The minimum absolute atomic E-state index is 0.357. The molecule has 1 heterocycles. The normalized spacial score (nSPS) is 21.5. The third-order valence-corrected chi connectivity index (χ3v) is 5.05. The van der Waals surface area contributed by atoms with E-state index >= 15 is 0 Å². The molecule has 2 aromatic carbocycles. The Labute approximate surface area is 161 Å². The van der Waals surface area contributed by atoms with Crippen LogP contribution in [0.15, 0.2) is 48.5 Å². The largest absolute Gasteiger partial charge is 0.347 e. The first kappa shape index (κ1) is 22.1. The molecular formula is C24H38N2. The summed E-state index contributed by atoms with van der Waals surface area (Å²) >= 11 is 0. The Morgan fingerprint density at radius 3 is 1.08 bits per heavy atom. The molecule has 2 atom stereocenters. The first-order valence-electron chi connectivity index (χ1n) is 10.2. The number of benzene rings is 2. The molecule has 0 aromatic heterocycles. The second kappa shape index (κ2) is 10.3. The minimum Gasteiger partial charge on any atom is -0.347 e. The Morgan fingerprint density at radius 2 is 0.808 bits per heavy atom. The van der Waals surface area contributed by atoms with Crippen LogP contribution in [-0.4, -0.2) is 18.2 Å². The molecule has 1 saturated heterocycles. The zero-order valence-electron chi connectivity index (χ0n) is 18.2. The van der Waals surface area contributed by atoms with Crippen LogP contribution in [0.25, 0.3) is 0 Å². The third kappa shape index (κ3) is 4.60. The van der Waals surface area contributed by atoms with Crippen molar-refractivity contribution in [2.24, 2.45) is 0 Å². The summed E-state index contributed by atoms with van der Waals surface area (Å²) in [6, 6.07) is 18.8. The van der Waals surface area contributed by atoms with Crippen LogP contribution in [-0.2, 0) is 0 Å². The molecule has 0 amide bonds. The maximum atomic E-state index is 2.53. The minimum atomic E-state index is 0.357. The van der Waals surface area contributed by atoms with E-state index < -0.39 is 0 Å². The van der Waals surface area contributed by atoms with E-state index in [1.165, 1.54) is 22.5 Å². The number of rotatable bonds is 2. The molecule has 0 saturated carbocycles. The molecule has 1 aliphatic rings. The summed E-state index contributed by atoms with van der Waals surface area (Å²) in [4.78, 5) is 5.06. The van der Waals surface area contributed by atoms with Crippen molar-refractivity contribution in [3.8, 4) is 0 Å². The van der Waals surface area contributed by atoms with Gasteiger partial charge in [0.15, 0.2) is 0 Å². The summed E-state index contributed by atoms with van der Waals surface area (Å²) in [5.74, 6) is 0. The summed E-state index contributed by atoms with van der Waals surface area (Å²) in [5.41, 5.74) is 5.25. The molecule has 0 bridgehead atoms. The molecule has 0 aliphatic carbocycles. The topological polar surface area (TPSA) is 6.48 Å². The van der Waals surface area contributed by atoms with Crippen LogP contribution in [0.5, 0.6) is 0 Å². The summed E-state index contributed by atoms with van der Waals surface area (Å²) in [7, 11) is 0. The number of aryl methyl sites for hydroxylation is 2. The molecule has 2 nitrogen and oxygen atoms in total. The van der Waals surface area contributed by atoms with Gasteiger partial charge in [-0.1, -0.05) is 63.1 Å². The first-order chi connectivity index (χ1) is 12.5. The lowest BCUT2D eigenvalue weighted by atomic mass is 10.1. The zero-order chi connectivity index (χ0) is 19.9. The second-order valence-corrected chi connectivity index (χ2v) is 6.60. The van der Waals surface area contributed by atoms with Crippen LogP contribution in [0.3, 0.4) is 0 Å².